The third-order valence-electron chi connectivity index (χ3n) is 3.86. The number of nitrogens with zero attached hydrogens (tertiary/aromatic N) is 4. The van der Waals surface area contributed by atoms with Crippen molar-refractivity contribution < 1.29 is 13.9 Å². The summed E-state index contributed by atoms with van der Waals surface area (Å²) in [5.41, 5.74) is 0.797. The van der Waals surface area contributed by atoms with Crippen LogP contribution in [-0.2, 0) is 13.6 Å². The number of hydrogen-bond donors (Lipinski definition) is 1. The van der Waals surface area contributed by atoms with Crippen molar-refractivity contribution in [1.82, 2.24) is 25.0 Å². The van der Waals surface area contributed by atoms with Gasteiger partial charge in [0.1, 0.15) is 6.10 Å². The number of aryl methyl sites for hydroxylation is 1. The predicted molar refractivity (Wildman–Crippen MR) is 84.9 cm³/mol. The summed E-state index contributed by atoms with van der Waals surface area (Å²) in [6.07, 6.45) is 4.62. The van der Waals surface area contributed by atoms with Crippen LogP contribution in [0.25, 0.3) is 0 Å². The molecule has 1 atom stereocenters. The molecule has 2 aromatic rings. The first-order chi connectivity index (χ1) is 11.6. The fourth-order valence-electron chi connectivity index (χ4n) is 2.67. The summed E-state index contributed by atoms with van der Waals surface area (Å²) < 4.78 is 20.9. The van der Waals surface area contributed by atoms with Crippen molar-refractivity contribution in [1.29, 1.82) is 0 Å². The smallest absolute Gasteiger partial charge is 0.317 e. The average Bonchev–Trinajstić information content (AvgIpc) is 3.00. The zero-order chi connectivity index (χ0) is 16.9. The predicted octanol–water partition coefficient (Wildman–Crippen LogP) is 1.71. The van der Waals surface area contributed by atoms with Gasteiger partial charge >= 0.3 is 6.03 Å². The summed E-state index contributed by atoms with van der Waals surface area (Å²) in [6.45, 7) is 1.43. The highest BCUT2D eigenvalue weighted by Crippen LogP contribution is 2.19. The first kappa shape index (κ1) is 16.2. The van der Waals surface area contributed by atoms with E-state index in [-0.39, 0.29) is 18.0 Å². The van der Waals surface area contributed by atoms with Crippen molar-refractivity contribution in [2.24, 2.45) is 7.05 Å². The second-order valence-electron chi connectivity index (χ2n) is 5.76. The number of hydrogen-bond acceptors (Lipinski definition) is 4. The van der Waals surface area contributed by atoms with Gasteiger partial charge in [0.15, 0.2) is 5.82 Å². The van der Waals surface area contributed by atoms with E-state index in [0.717, 1.165) is 18.5 Å². The molecule has 128 valence electrons. The van der Waals surface area contributed by atoms with Crippen LogP contribution in [0.4, 0.5) is 9.18 Å². The van der Waals surface area contributed by atoms with Crippen molar-refractivity contribution in [3.8, 4) is 5.88 Å². The lowest BCUT2D eigenvalue weighted by atomic mass is 10.1. The van der Waals surface area contributed by atoms with E-state index in [1.807, 2.05) is 19.3 Å². The minimum Gasteiger partial charge on any atom is -0.470 e. The summed E-state index contributed by atoms with van der Waals surface area (Å²) in [5, 5.41) is 7.06. The maximum Gasteiger partial charge on any atom is 0.317 e. The molecular weight excluding hydrogens is 313 g/mol. The summed E-state index contributed by atoms with van der Waals surface area (Å²) in [5.74, 6) is -0.507. The lowest BCUT2D eigenvalue weighted by molar-refractivity contribution is 0.0941. The van der Waals surface area contributed by atoms with Gasteiger partial charge in [-0.05, 0) is 31.0 Å². The first-order valence-corrected chi connectivity index (χ1v) is 7.90. The quantitative estimate of drug-likeness (QED) is 0.924. The molecule has 1 unspecified atom stereocenters. The van der Waals surface area contributed by atoms with Gasteiger partial charge in [-0.2, -0.15) is 5.10 Å². The van der Waals surface area contributed by atoms with E-state index in [1.165, 1.54) is 18.3 Å². The van der Waals surface area contributed by atoms with Crippen LogP contribution in [0.15, 0.2) is 30.6 Å². The molecule has 1 aliphatic rings. The number of halogens is 1. The van der Waals surface area contributed by atoms with Crippen LogP contribution in [0.5, 0.6) is 5.88 Å². The number of likely N-dealkylation sites (tertiary alicyclic amines) is 1. The van der Waals surface area contributed by atoms with Crippen molar-refractivity contribution in [2.75, 3.05) is 13.1 Å². The Balaban J connectivity index is 1.53. The Labute approximate surface area is 139 Å². The lowest BCUT2D eigenvalue weighted by Gasteiger charge is -2.32. The van der Waals surface area contributed by atoms with E-state index in [1.54, 1.807) is 9.58 Å². The van der Waals surface area contributed by atoms with Crippen LogP contribution in [0.3, 0.4) is 0 Å². The Morgan fingerprint density at radius 3 is 3.12 bits per heavy atom. The maximum atomic E-state index is 13.6. The standard InChI is InChI=1S/C16H20FN5O2/c1-21-9-6-12(20-21)10-19-16(23)22-8-3-4-13(11-22)24-15-14(17)5-2-7-18-15/h2,5-7,9,13H,3-4,8,10-11H2,1H3,(H,19,23). The molecule has 0 aliphatic carbocycles. The van der Waals surface area contributed by atoms with Crippen LogP contribution in [-0.4, -0.2) is 44.9 Å². The number of pyridine rings is 1. The molecule has 7 nitrogen and oxygen atoms in total. The van der Waals surface area contributed by atoms with Crippen molar-refractivity contribution in [3.63, 3.8) is 0 Å². The molecule has 0 bridgehead atoms. The molecule has 1 fully saturated rings. The molecule has 2 aromatic heterocycles. The van der Waals surface area contributed by atoms with E-state index in [2.05, 4.69) is 15.4 Å². The molecule has 3 rings (SSSR count). The molecule has 0 spiro atoms. The first-order valence-electron chi connectivity index (χ1n) is 7.90. The molecule has 0 saturated carbocycles. The van der Waals surface area contributed by atoms with E-state index in [9.17, 15) is 9.18 Å². The highest BCUT2D eigenvalue weighted by Gasteiger charge is 2.25. The molecule has 24 heavy (non-hydrogen) atoms. The molecule has 8 heteroatoms. The Bertz CT molecular complexity index is 705. The largest absolute Gasteiger partial charge is 0.470 e. The molecule has 0 radical (unpaired) electrons. The van der Waals surface area contributed by atoms with Gasteiger partial charge in [-0.1, -0.05) is 0 Å². The molecule has 0 aromatic carbocycles. The fraction of sp³-hybridized carbons (Fsp3) is 0.438. The monoisotopic (exact) mass is 333 g/mol. The highest BCUT2D eigenvalue weighted by atomic mass is 19.1. The number of amides is 2. The molecule has 2 amide bonds. The summed E-state index contributed by atoms with van der Waals surface area (Å²) in [7, 11) is 1.83. The van der Waals surface area contributed by atoms with Crippen LogP contribution in [0.2, 0.25) is 0 Å². The number of piperidine rings is 1. The van der Waals surface area contributed by atoms with Crippen LogP contribution in [0.1, 0.15) is 18.5 Å². The van der Waals surface area contributed by atoms with Crippen LogP contribution < -0.4 is 10.1 Å². The fourth-order valence-corrected chi connectivity index (χ4v) is 2.67. The van der Waals surface area contributed by atoms with Gasteiger partial charge in [-0.25, -0.2) is 14.2 Å². The van der Waals surface area contributed by atoms with Crippen molar-refractivity contribution in [3.05, 3.63) is 42.1 Å². The molecule has 1 aliphatic heterocycles. The normalized spacial score (nSPS) is 17.6. The Morgan fingerprint density at radius 1 is 1.50 bits per heavy atom. The SMILES string of the molecule is Cn1ccc(CNC(=O)N2CCCC(Oc3ncccc3F)C2)n1. The zero-order valence-corrected chi connectivity index (χ0v) is 13.5. The summed E-state index contributed by atoms with van der Waals surface area (Å²) in [6, 6.07) is 4.50. The number of aromatic nitrogens is 3. The van der Waals surface area contributed by atoms with Gasteiger partial charge < -0.3 is 15.0 Å². The molecule has 1 N–H and O–H groups in total. The second-order valence-corrected chi connectivity index (χ2v) is 5.76. The van der Waals surface area contributed by atoms with Gasteiger partial charge in [-0.15, -0.1) is 0 Å². The van der Waals surface area contributed by atoms with Crippen molar-refractivity contribution >= 4 is 6.03 Å². The third kappa shape index (κ3) is 4.01. The number of ether oxygens (including phenoxy) is 1. The van der Waals surface area contributed by atoms with Crippen LogP contribution >= 0.6 is 0 Å². The Morgan fingerprint density at radius 2 is 2.38 bits per heavy atom. The average molecular weight is 333 g/mol. The second kappa shape index (κ2) is 7.29. The van der Waals surface area contributed by atoms with Crippen LogP contribution in [0, 0.1) is 5.82 Å². The van der Waals surface area contributed by atoms with E-state index >= 15 is 0 Å². The van der Waals surface area contributed by atoms with Gasteiger partial charge in [-0.3, -0.25) is 4.68 Å². The third-order valence-corrected chi connectivity index (χ3v) is 3.86. The number of rotatable bonds is 4. The molecular formula is C16H20FN5O2. The Hall–Kier alpha value is -2.64. The van der Waals surface area contributed by atoms with Gasteiger partial charge in [0.2, 0.25) is 0 Å². The molecule has 3 heterocycles. The minimum atomic E-state index is -0.491. The zero-order valence-electron chi connectivity index (χ0n) is 13.5. The van der Waals surface area contributed by atoms with Crippen molar-refractivity contribution in [2.45, 2.75) is 25.5 Å². The molecule has 1 saturated heterocycles. The topological polar surface area (TPSA) is 72.3 Å². The number of urea groups is 1. The van der Waals surface area contributed by atoms with Gasteiger partial charge in [0.25, 0.3) is 5.88 Å². The van der Waals surface area contributed by atoms with E-state index in [0.29, 0.717) is 19.6 Å². The number of carbonyl (C=O) groups excluding carboxylic acids is 1. The summed E-state index contributed by atoms with van der Waals surface area (Å²) >= 11 is 0. The maximum absolute atomic E-state index is 13.6. The number of carbonyl (C=O) groups is 1. The lowest BCUT2D eigenvalue weighted by Crippen LogP contribution is -2.48. The summed E-state index contributed by atoms with van der Waals surface area (Å²) in [4.78, 5) is 17.9. The highest BCUT2D eigenvalue weighted by molar-refractivity contribution is 5.74. The number of nitrogens with one attached hydrogen (secondary N) is 1. The van der Waals surface area contributed by atoms with E-state index < -0.39 is 5.82 Å². The van der Waals surface area contributed by atoms with Gasteiger partial charge in [0, 0.05) is 26.0 Å². The van der Waals surface area contributed by atoms with Gasteiger partial charge in [0.05, 0.1) is 18.8 Å². The van der Waals surface area contributed by atoms with E-state index in [4.69, 9.17) is 4.74 Å². The minimum absolute atomic E-state index is 0.0155. The Kier molecular flexibility index (Phi) is 4.93.